The summed E-state index contributed by atoms with van der Waals surface area (Å²) in [5.74, 6) is -1.04. The minimum Gasteiger partial charge on any atom is -0.482 e. The van der Waals surface area contributed by atoms with Gasteiger partial charge < -0.3 is 10.1 Å². The van der Waals surface area contributed by atoms with E-state index in [9.17, 15) is 22.8 Å². The van der Waals surface area contributed by atoms with Crippen molar-refractivity contribution in [2.24, 2.45) is 0 Å². The van der Waals surface area contributed by atoms with E-state index in [4.69, 9.17) is 0 Å². The fourth-order valence-corrected chi connectivity index (χ4v) is 1.28. The first kappa shape index (κ1) is 15.0. The van der Waals surface area contributed by atoms with E-state index in [0.29, 0.717) is 0 Å². The molecule has 1 rings (SSSR count). The number of para-hydroxylation sites is 2. The summed E-state index contributed by atoms with van der Waals surface area (Å²) in [6.45, 7) is -0.210. The Labute approximate surface area is 107 Å². The summed E-state index contributed by atoms with van der Waals surface area (Å²) >= 11 is 0. The van der Waals surface area contributed by atoms with Crippen LogP contribution in [0.15, 0.2) is 24.3 Å². The first-order valence-electron chi connectivity index (χ1n) is 5.36. The van der Waals surface area contributed by atoms with E-state index in [-0.39, 0.29) is 23.6 Å². The molecule has 0 fully saturated rings. The lowest BCUT2D eigenvalue weighted by Crippen LogP contribution is -2.20. The van der Waals surface area contributed by atoms with E-state index in [0.717, 1.165) is 0 Å². The predicted octanol–water partition coefficient (Wildman–Crippen LogP) is 2.55. The van der Waals surface area contributed by atoms with Crippen LogP contribution in [-0.2, 0) is 9.59 Å². The third-order valence-electron chi connectivity index (χ3n) is 1.96. The Bertz CT molecular complexity index is 472. The number of nitrogens with one attached hydrogen (secondary N) is 1. The van der Waals surface area contributed by atoms with Crippen molar-refractivity contribution in [3.8, 4) is 5.75 Å². The van der Waals surface area contributed by atoms with Gasteiger partial charge in [0.2, 0.25) is 5.91 Å². The molecule has 0 radical (unpaired) electrons. The van der Waals surface area contributed by atoms with Crippen molar-refractivity contribution in [2.75, 3.05) is 11.9 Å². The highest BCUT2D eigenvalue weighted by molar-refractivity contribution is 6.04. The fraction of sp³-hybridized carbons (Fsp3) is 0.333. The first-order valence-corrected chi connectivity index (χ1v) is 5.36. The van der Waals surface area contributed by atoms with Gasteiger partial charge in [-0.25, -0.2) is 0 Å². The van der Waals surface area contributed by atoms with Crippen molar-refractivity contribution in [1.29, 1.82) is 0 Å². The Kier molecular flexibility index (Phi) is 4.91. The van der Waals surface area contributed by atoms with Gasteiger partial charge in [0.05, 0.1) is 12.1 Å². The number of alkyl halides is 3. The molecule has 0 aliphatic heterocycles. The Morgan fingerprint density at radius 2 is 1.89 bits per heavy atom. The van der Waals surface area contributed by atoms with Crippen LogP contribution >= 0.6 is 0 Å². The van der Waals surface area contributed by atoms with Crippen molar-refractivity contribution in [3.05, 3.63) is 24.3 Å². The molecule has 0 atom stereocenters. The number of halogens is 3. The van der Waals surface area contributed by atoms with E-state index in [1.165, 1.54) is 31.2 Å². The van der Waals surface area contributed by atoms with Gasteiger partial charge in [0, 0.05) is 0 Å². The second-order valence-corrected chi connectivity index (χ2v) is 3.83. The van der Waals surface area contributed by atoms with E-state index in [2.05, 4.69) is 10.1 Å². The minimum atomic E-state index is -4.46. The molecule has 0 aliphatic rings. The average Bonchev–Trinajstić information content (AvgIpc) is 2.25. The predicted molar refractivity (Wildman–Crippen MR) is 61.9 cm³/mol. The molecule has 0 spiro atoms. The number of carbonyl (C=O) groups excluding carboxylic acids is 2. The molecular formula is C12H12F3NO3. The Morgan fingerprint density at radius 1 is 1.26 bits per heavy atom. The molecule has 1 aromatic rings. The monoisotopic (exact) mass is 275 g/mol. The van der Waals surface area contributed by atoms with Gasteiger partial charge in [-0.15, -0.1) is 0 Å². The largest absolute Gasteiger partial charge is 0.482 e. The number of ketones is 1. The van der Waals surface area contributed by atoms with E-state index >= 15 is 0 Å². The Hall–Kier alpha value is -2.05. The second-order valence-electron chi connectivity index (χ2n) is 3.83. The number of anilines is 1. The van der Waals surface area contributed by atoms with Gasteiger partial charge in [-0.2, -0.15) is 13.2 Å². The molecule has 7 heteroatoms. The summed E-state index contributed by atoms with van der Waals surface area (Å²) in [4.78, 5) is 22.1. The fourth-order valence-electron chi connectivity index (χ4n) is 1.28. The van der Waals surface area contributed by atoms with Gasteiger partial charge in [-0.3, -0.25) is 9.59 Å². The number of carbonyl (C=O) groups is 2. The summed E-state index contributed by atoms with van der Waals surface area (Å²) in [7, 11) is 0. The van der Waals surface area contributed by atoms with Crippen molar-refractivity contribution < 1.29 is 27.5 Å². The number of Topliss-reactive ketones (excluding diaryl/α,β-unsaturated/α-hetero) is 1. The van der Waals surface area contributed by atoms with Gasteiger partial charge in [-0.05, 0) is 19.1 Å². The van der Waals surface area contributed by atoms with Gasteiger partial charge in [-0.1, -0.05) is 12.1 Å². The number of hydrogen-bond donors (Lipinski definition) is 1. The lowest BCUT2D eigenvalue weighted by molar-refractivity contribution is -0.153. The number of rotatable bonds is 5. The summed E-state index contributed by atoms with van der Waals surface area (Å²) in [6.07, 6.45) is -4.80. The molecule has 0 saturated heterocycles. The smallest absolute Gasteiger partial charge is 0.422 e. The van der Waals surface area contributed by atoms with E-state index < -0.39 is 18.7 Å². The standard InChI is InChI=1S/C12H12F3NO3/c1-8(17)6-11(18)16-9-4-2-3-5-10(9)19-7-12(13,14)15/h2-5H,6-7H2,1H3,(H,16,18). The van der Waals surface area contributed by atoms with Crippen LogP contribution in [0.25, 0.3) is 0 Å². The minimum absolute atomic E-state index is 0.0954. The molecule has 0 unspecified atom stereocenters. The Morgan fingerprint density at radius 3 is 2.47 bits per heavy atom. The SMILES string of the molecule is CC(=O)CC(=O)Nc1ccccc1OCC(F)(F)F. The van der Waals surface area contributed by atoms with Crippen LogP contribution in [0.2, 0.25) is 0 Å². The molecule has 1 aromatic carbocycles. The van der Waals surface area contributed by atoms with Crippen LogP contribution in [0.1, 0.15) is 13.3 Å². The van der Waals surface area contributed by atoms with E-state index in [1.54, 1.807) is 0 Å². The van der Waals surface area contributed by atoms with E-state index in [1.807, 2.05) is 0 Å². The van der Waals surface area contributed by atoms with Crippen molar-refractivity contribution in [3.63, 3.8) is 0 Å². The molecule has 0 aromatic heterocycles. The van der Waals surface area contributed by atoms with Crippen LogP contribution in [-0.4, -0.2) is 24.5 Å². The highest BCUT2D eigenvalue weighted by atomic mass is 19.4. The molecule has 0 bridgehead atoms. The third-order valence-corrected chi connectivity index (χ3v) is 1.96. The lowest BCUT2D eigenvalue weighted by atomic mass is 10.2. The number of amides is 1. The molecule has 1 amide bonds. The third kappa shape index (κ3) is 5.89. The summed E-state index contributed by atoms with van der Waals surface area (Å²) < 4.78 is 40.7. The molecule has 1 N–H and O–H groups in total. The van der Waals surface area contributed by atoms with Crippen molar-refractivity contribution >= 4 is 17.4 Å². The highest BCUT2D eigenvalue weighted by Gasteiger charge is 2.28. The maximum atomic E-state index is 12.1. The number of benzene rings is 1. The lowest BCUT2D eigenvalue weighted by Gasteiger charge is -2.13. The summed E-state index contributed by atoms with van der Waals surface area (Å²) in [5, 5.41) is 2.33. The maximum absolute atomic E-state index is 12.1. The van der Waals surface area contributed by atoms with Crippen LogP contribution in [0.4, 0.5) is 18.9 Å². The van der Waals surface area contributed by atoms with Gasteiger partial charge in [0.25, 0.3) is 0 Å². The zero-order chi connectivity index (χ0) is 14.5. The van der Waals surface area contributed by atoms with Crippen LogP contribution in [0.3, 0.4) is 0 Å². The topological polar surface area (TPSA) is 55.4 Å². The average molecular weight is 275 g/mol. The zero-order valence-electron chi connectivity index (χ0n) is 10.1. The number of ether oxygens (including phenoxy) is 1. The quantitative estimate of drug-likeness (QED) is 0.840. The molecule has 0 saturated carbocycles. The molecule has 19 heavy (non-hydrogen) atoms. The highest BCUT2D eigenvalue weighted by Crippen LogP contribution is 2.26. The van der Waals surface area contributed by atoms with Gasteiger partial charge >= 0.3 is 6.18 Å². The van der Waals surface area contributed by atoms with Gasteiger partial charge in [0.1, 0.15) is 11.5 Å². The molecule has 0 aliphatic carbocycles. The summed E-state index contributed by atoms with van der Waals surface area (Å²) in [6, 6.07) is 5.70. The van der Waals surface area contributed by atoms with Crippen LogP contribution in [0.5, 0.6) is 5.75 Å². The van der Waals surface area contributed by atoms with Crippen LogP contribution < -0.4 is 10.1 Å². The summed E-state index contributed by atoms with van der Waals surface area (Å²) in [5.41, 5.74) is 0.0954. The van der Waals surface area contributed by atoms with Gasteiger partial charge in [0.15, 0.2) is 6.61 Å². The van der Waals surface area contributed by atoms with Crippen molar-refractivity contribution in [1.82, 2.24) is 0 Å². The first-order chi connectivity index (χ1) is 8.78. The molecular weight excluding hydrogens is 263 g/mol. The van der Waals surface area contributed by atoms with Crippen LogP contribution in [0, 0.1) is 0 Å². The Balaban J connectivity index is 2.73. The van der Waals surface area contributed by atoms with Crippen molar-refractivity contribution in [2.45, 2.75) is 19.5 Å². The molecule has 0 heterocycles. The zero-order valence-corrected chi connectivity index (χ0v) is 10.1. The normalized spacial score (nSPS) is 10.9. The number of hydrogen-bond acceptors (Lipinski definition) is 3. The second kappa shape index (κ2) is 6.21. The molecule has 4 nitrogen and oxygen atoms in total. The molecule has 104 valence electrons. The maximum Gasteiger partial charge on any atom is 0.422 e.